The van der Waals surface area contributed by atoms with Crippen LogP contribution in [-0.2, 0) is 6.67 Å². The van der Waals surface area contributed by atoms with E-state index in [1.54, 1.807) is 21.5 Å². The van der Waals surface area contributed by atoms with E-state index in [0.29, 0.717) is 0 Å². The molecule has 3 nitrogen and oxygen atoms in total. The van der Waals surface area contributed by atoms with Crippen molar-refractivity contribution in [3.8, 4) is 0 Å². The molecule has 3 heteroatoms. The maximum Gasteiger partial charge on any atom is 0.331 e. The van der Waals surface area contributed by atoms with Gasteiger partial charge in [-0.1, -0.05) is 0 Å². The Balaban J connectivity index is 3.08. The molecule has 0 N–H and O–H groups in total. The van der Waals surface area contributed by atoms with E-state index in [9.17, 15) is 4.79 Å². The van der Waals surface area contributed by atoms with Crippen LogP contribution >= 0.6 is 0 Å². The number of nitrogens with zero attached hydrogens (tertiary/aromatic N) is 2. The molecule has 0 amide bonds. The van der Waals surface area contributed by atoms with Gasteiger partial charge >= 0.3 is 5.69 Å². The van der Waals surface area contributed by atoms with E-state index in [-0.39, 0.29) is 5.69 Å². The van der Waals surface area contributed by atoms with Gasteiger partial charge in [-0.25, -0.2) is 4.79 Å². The van der Waals surface area contributed by atoms with Gasteiger partial charge in [-0.05, 0) is 0 Å². The van der Waals surface area contributed by atoms with Gasteiger partial charge in [-0.2, -0.15) is 0 Å². The maximum absolute atomic E-state index is 10.4. The topological polar surface area (TPSA) is 26.9 Å². The summed E-state index contributed by atoms with van der Waals surface area (Å²) < 4.78 is 3.31. The van der Waals surface area contributed by atoms with E-state index in [0.717, 1.165) is 6.67 Å². The Morgan fingerprint density at radius 2 is 2.00 bits per heavy atom. The molecular formula is C4H4N2O. The van der Waals surface area contributed by atoms with Crippen molar-refractivity contribution in [2.45, 2.75) is 6.67 Å². The third-order valence-electron chi connectivity index (χ3n) is 1.22. The maximum atomic E-state index is 10.4. The lowest BCUT2D eigenvalue weighted by molar-refractivity contribution is 0.484. The normalized spacial score (nSPS) is 13.7. The Kier molecular flexibility index (Phi) is 0.291. The lowest BCUT2D eigenvalue weighted by Gasteiger charge is -2.06. The van der Waals surface area contributed by atoms with Crippen molar-refractivity contribution in [3.05, 3.63) is 22.9 Å². The lowest BCUT2D eigenvalue weighted by Crippen LogP contribution is -2.37. The number of hydrogen-bond donors (Lipinski definition) is 0. The van der Waals surface area contributed by atoms with Crippen LogP contribution in [0.25, 0.3) is 0 Å². The number of fused-ring (bicyclic) bond motifs is 1. The molecule has 0 fully saturated rings. The third kappa shape index (κ3) is 0.177. The first-order valence-corrected chi connectivity index (χ1v) is 2.13. The molecule has 3 heterocycles. The van der Waals surface area contributed by atoms with Gasteiger partial charge < -0.3 is 0 Å². The fraction of sp³-hybridized carbons (Fsp3) is 0.250. The summed E-state index contributed by atoms with van der Waals surface area (Å²) in [5.74, 6) is 0. The van der Waals surface area contributed by atoms with Crippen LogP contribution in [0.2, 0.25) is 0 Å². The molecule has 2 aliphatic heterocycles. The zero-order valence-electron chi connectivity index (χ0n) is 3.66. The molecule has 0 aromatic carbocycles. The van der Waals surface area contributed by atoms with Crippen molar-refractivity contribution in [1.29, 1.82) is 0 Å². The summed E-state index contributed by atoms with van der Waals surface area (Å²) in [6.45, 7) is 0.777. The van der Waals surface area contributed by atoms with Crippen LogP contribution in [0.15, 0.2) is 17.2 Å². The number of imidazole rings is 1. The summed E-state index contributed by atoms with van der Waals surface area (Å²) >= 11 is 0. The summed E-state index contributed by atoms with van der Waals surface area (Å²) in [5, 5.41) is 0. The second kappa shape index (κ2) is 0.665. The molecule has 2 aliphatic rings. The Morgan fingerprint density at radius 3 is 2.14 bits per heavy atom. The van der Waals surface area contributed by atoms with E-state index in [1.165, 1.54) is 0 Å². The minimum absolute atomic E-state index is 0.111. The molecule has 0 atom stereocenters. The molecule has 0 saturated carbocycles. The van der Waals surface area contributed by atoms with Crippen molar-refractivity contribution in [2.24, 2.45) is 0 Å². The second-order valence-corrected chi connectivity index (χ2v) is 1.66. The van der Waals surface area contributed by atoms with Crippen LogP contribution in [0.5, 0.6) is 0 Å². The van der Waals surface area contributed by atoms with Crippen molar-refractivity contribution in [2.75, 3.05) is 0 Å². The Labute approximate surface area is 39.8 Å². The predicted octanol–water partition coefficient (Wildman–Crippen LogP) is -0.531. The van der Waals surface area contributed by atoms with Gasteiger partial charge in [-0.15, -0.1) is 0 Å². The van der Waals surface area contributed by atoms with E-state index >= 15 is 0 Å². The fourth-order valence-electron chi connectivity index (χ4n) is 0.755. The Bertz CT molecular complexity index is 222. The Morgan fingerprint density at radius 1 is 1.43 bits per heavy atom. The molecule has 7 heavy (non-hydrogen) atoms. The first-order valence-electron chi connectivity index (χ1n) is 2.13. The second-order valence-electron chi connectivity index (χ2n) is 1.66. The highest BCUT2D eigenvalue weighted by atomic mass is 16.2. The fourth-order valence-corrected chi connectivity index (χ4v) is 0.755. The highest BCUT2D eigenvalue weighted by molar-refractivity contribution is 4.89. The average Bonchev–Trinajstić information content (AvgIpc) is 2.18. The largest absolute Gasteiger partial charge is 0.331 e. The molecule has 0 radical (unpaired) electrons. The molecule has 0 unspecified atom stereocenters. The van der Waals surface area contributed by atoms with Gasteiger partial charge in [0.1, 0.15) is 6.67 Å². The number of aromatic nitrogens is 2. The van der Waals surface area contributed by atoms with Crippen molar-refractivity contribution in [3.63, 3.8) is 0 Å². The SMILES string of the molecule is O=c1n2ccn1C2. The molecule has 0 saturated heterocycles. The quantitative estimate of drug-likeness (QED) is 0.433. The van der Waals surface area contributed by atoms with E-state index in [2.05, 4.69) is 0 Å². The average molecular weight is 96.1 g/mol. The lowest BCUT2D eigenvalue weighted by atomic mass is 10.8. The molecule has 1 aromatic heterocycles. The molecular weight excluding hydrogens is 92.1 g/mol. The van der Waals surface area contributed by atoms with E-state index < -0.39 is 0 Å². The van der Waals surface area contributed by atoms with Crippen LogP contribution in [-0.4, -0.2) is 9.13 Å². The molecule has 3 rings (SSSR count). The molecule has 0 aliphatic carbocycles. The summed E-state index contributed by atoms with van der Waals surface area (Å²) in [7, 11) is 0. The van der Waals surface area contributed by atoms with E-state index in [4.69, 9.17) is 0 Å². The summed E-state index contributed by atoms with van der Waals surface area (Å²) in [6.07, 6.45) is 3.56. The molecule has 2 bridgehead atoms. The predicted molar refractivity (Wildman–Crippen MR) is 24.1 cm³/mol. The first kappa shape index (κ1) is 3.07. The van der Waals surface area contributed by atoms with Crippen LogP contribution in [0.1, 0.15) is 0 Å². The van der Waals surface area contributed by atoms with Crippen LogP contribution < -0.4 is 5.69 Å². The zero-order chi connectivity index (χ0) is 4.85. The summed E-state index contributed by atoms with van der Waals surface area (Å²) in [6, 6.07) is 0. The van der Waals surface area contributed by atoms with Gasteiger partial charge in [0, 0.05) is 12.4 Å². The third-order valence-corrected chi connectivity index (χ3v) is 1.22. The van der Waals surface area contributed by atoms with Crippen molar-refractivity contribution in [1.82, 2.24) is 9.13 Å². The zero-order valence-corrected chi connectivity index (χ0v) is 3.66. The summed E-state index contributed by atoms with van der Waals surface area (Å²) in [4.78, 5) is 10.4. The van der Waals surface area contributed by atoms with Crippen LogP contribution in [0.4, 0.5) is 0 Å². The van der Waals surface area contributed by atoms with Gasteiger partial charge in [0.05, 0.1) is 0 Å². The van der Waals surface area contributed by atoms with Crippen molar-refractivity contribution >= 4 is 0 Å². The van der Waals surface area contributed by atoms with Gasteiger partial charge in [-0.3, -0.25) is 9.13 Å². The van der Waals surface area contributed by atoms with Gasteiger partial charge in [0.2, 0.25) is 0 Å². The van der Waals surface area contributed by atoms with Gasteiger partial charge in [0.15, 0.2) is 0 Å². The molecule has 1 aromatic rings. The van der Waals surface area contributed by atoms with Crippen molar-refractivity contribution < 1.29 is 0 Å². The highest BCUT2D eigenvalue weighted by Crippen LogP contribution is 1.93. The number of hydrogen-bond acceptors (Lipinski definition) is 1. The minimum Gasteiger partial charge on any atom is -0.280 e. The smallest absolute Gasteiger partial charge is 0.280 e. The monoisotopic (exact) mass is 96.0 g/mol. The molecule has 0 spiro atoms. The van der Waals surface area contributed by atoms with E-state index in [1.807, 2.05) is 0 Å². The van der Waals surface area contributed by atoms with Gasteiger partial charge in [0.25, 0.3) is 0 Å². The standard InChI is InChI=1S/C4H4N2O/c7-4-5-1-2-6(4)3-5/h1-2H,3H2. The van der Waals surface area contributed by atoms with Crippen LogP contribution in [0.3, 0.4) is 0 Å². The first-order chi connectivity index (χ1) is 3.38. The number of rotatable bonds is 0. The van der Waals surface area contributed by atoms with Crippen LogP contribution in [0, 0.1) is 0 Å². The highest BCUT2D eigenvalue weighted by Gasteiger charge is 2.11. The Hall–Kier alpha value is -0.990. The summed E-state index contributed by atoms with van der Waals surface area (Å²) in [5.41, 5.74) is 0.111. The molecule has 36 valence electrons. The minimum atomic E-state index is 0.111.